The van der Waals surface area contributed by atoms with Gasteiger partial charge in [-0.05, 0) is 18.6 Å². The molecule has 0 aliphatic rings. The van der Waals surface area contributed by atoms with E-state index in [4.69, 9.17) is 0 Å². The molecule has 1 aromatic rings. The number of thioether (sulfide) groups is 1. The highest BCUT2D eigenvalue weighted by Crippen LogP contribution is 2.15. The largest absolute Gasteiger partial charge is 0.241 e. The van der Waals surface area contributed by atoms with Gasteiger partial charge in [0.25, 0.3) is 0 Å². The molecule has 0 bridgehead atoms. The fraction of sp³-hybridized carbons (Fsp3) is 0.455. The normalized spacial score (nSPS) is 10.2. The van der Waals surface area contributed by atoms with Gasteiger partial charge in [0.05, 0.1) is 0 Å². The molecule has 0 saturated carbocycles. The van der Waals surface area contributed by atoms with Crippen LogP contribution in [0.4, 0.5) is 0 Å². The van der Waals surface area contributed by atoms with Crippen LogP contribution in [0, 0.1) is 0 Å². The minimum atomic E-state index is 0.980. The van der Waals surface area contributed by atoms with Crippen LogP contribution in [0.1, 0.15) is 13.3 Å². The molecule has 0 aliphatic carbocycles. The SMILES string of the molecule is CCC[N]CCSc1ccccc1. The fourth-order valence-corrected chi connectivity index (χ4v) is 1.82. The zero-order chi connectivity index (χ0) is 9.36. The van der Waals surface area contributed by atoms with E-state index in [1.165, 1.54) is 4.90 Å². The Labute approximate surface area is 84.9 Å². The van der Waals surface area contributed by atoms with Gasteiger partial charge in [0.1, 0.15) is 0 Å². The summed E-state index contributed by atoms with van der Waals surface area (Å²) in [5.74, 6) is 1.10. The van der Waals surface area contributed by atoms with E-state index >= 15 is 0 Å². The van der Waals surface area contributed by atoms with Crippen molar-refractivity contribution in [2.75, 3.05) is 18.8 Å². The van der Waals surface area contributed by atoms with Crippen LogP contribution in [-0.4, -0.2) is 18.8 Å². The van der Waals surface area contributed by atoms with E-state index in [1.54, 1.807) is 0 Å². The third kappa shape index (κ3) is 4.96. The predicted octanol–water partition coefficient (Wildman–Crippen LogP) is 2.79. The lowest BCUT2D eigenvalue weighted by Gasteiger charge is -2.00. The standard InChI is InChI=1S/C11H16NS/c1-2-8-12-9-10-13-11-6-4-3-5-7-11/h3-7H,2,8-10H2,1H3. The Morgan fingerprint density at radius 1 is 1.15 bits per heavy atom. The van der Waals surface area contributed by atoms with Crippen molar-refractivity contribution < 1.29 is 0 Å². The molecule has 0 aliphatic heterocycles. The molecule has 0 spiro atoms. The maximum atomic E-state index is 4.38. The van der Waals surface area contributed by atoms with Crippen LogP contribution < -0.4 is 5.32 Å². The summed E-state index contributed by atoms with van der Waals surface area (Å²) < 4.78 is 0. The molecule has 0 fully saturated rings. The fourth-order valence-electron chi connectivity index (χ4n) is 1.01. The zero-order valence-electron chi connectivity index (χ0n) is 8.07. The van der Waals surface area contributed by atoms with Crippen molar-refractivity contribution in [3.63, 3.8) is 0 Å². The van der Waals surface area contributed by atoms with Gasteiger partial charge in [0.2, 0.25) is 0 Å². The Kier molecular flexibility index (Phi) is 5.70. The molecule has 71 valence electrons. The van der Waals surface area contributed by atoms with Crippen molar-refractivity contribution in [1.29, 1.82) is 0 Å². The van der Waals surface area contributed by atoms with Crippen LogP contribution in [0.25, 0.3) is 0 Å². The minimum Gasteiger partial charge on any atom is -0.241 e. The van der Waals surface area contributed by atoms with Crippen LogP contribution >= 0.6 is 11.8 Å². The Bertz CT molecular complexity index is 211. The molecular weight excluding hydrogens is 178 g/mol. The van der Waals surface area contributed by atoms with Gasteiger partial charge < -0.3 is 0 Å². The molecule has 0 unspecified atom stereocenters. The lowest BCUT2D eigenvalue weighted by molar-refractivity contribution is 0.693. The molecule has 1 nitrogen and oxygen atoms in total. The van der Waals surface area contributed by atoms with Gasteiger partial charge in [-0.3, -0.25) is 0 Å². The molecule has 1 radical (unpaired) electrons. The first kappa shape index (κ1) is 10.6. The van der Waals surface area contributed by atoms with Crippen molar-refractivity contribution in [2.24, 2.45) is 0 Å². The Morgan fingerprint density at radius 2 is 1.92 bits per heavy atom. The first-order valence-electron chi connectivity index (χ1n) is 4.74. The summed E-state index contributed by atoms with van der Waals surface area (Å²) in [6.07, 6.45) is 1.16. The molecule has 13 heavy (non-hydrogen) atoms. The van der Waals surface area contributed by atoms with Gasteiger partial charge in [-0.1, -0.05) is 25.1 Å². The molecule has 1 rings (SSSR count). The van der Waals surface area contributed by atoms with Crippen molar-refractivity contribution in [3.8, 4) is 0 Å². The summed E-state index contributed by atoms with van der Waals surface area (Å²) in [4.78, 5) is 1.34. The van der Waals surface area contributed by atoms with E-state index < -0.39 is 0 Å². The van der Waals surface area contributed by atoms with E-state index in [0.717, 1.165) is 25.3 Å². The lowest BCUT2D eigenvalue weighted by atomic mass is 10.4. The minimum absolute atomic E-state index is 0.980. The second-order valence-corrected chi connectivity index (χ2v) is 4.00. The smallest absolute Gasteiger partial charge is 0.0227 e. The number of benzene rings is 1. The summed E-state index contributed by atoms with van der Waals surface area (Å²) in [5, 5.41) is 4.38. The number of hydrogen-bond donors (Lipinski definition) is 0. The van der Waals surface area contributed by atoms with Crippen LogP contribution in [0.15, 0.2) is 35.2 Å². The van der Waals surface area contributed by atoms with E-state index in [0.29, 0.717) is 0 Å². The Balaban J connectivity index is 2.07. The van der Waals surface area contributed by atoms with E-state index in [1.807, 2.05) is 17.8 Å². The van der Waals surface area contributed by atoms with Crippen molar-refractivity contribution >= 4 is 11.8 Å². The molecule has 1 aromatic carbocycles. The van der Waals surface area contributed by atoms with Gasteiger partial charge in [0, 0.05) is 23.7 Å². The highest BCUT2D eigenvalue weighted by Gasteiger charge is 1.91. The van der Waals surface area contributed by atoms with Gasteiger partial charge in [0.15, 0.2) is 0 Å². The molecule has 2 heteroatoms. The third-order valence-corrected chi connectivity index (χ3v) is 2.64. The van der Waals surface area contributed by atoms with Crippen molar-refractivity contribution in [2.45, 2.75) is 18.2 Å². The summed E-state index contributed by atoms with van der Waals surface area (Å²) >= 11 is 1.88. The van der Waals surface area contributed by atoms with Gasteiger partial charge >= 0.3 is 0 Å². The summed E-state index contributed by atoms with van der Waals surface area (Å²) in [6, 6.07) is 10.5. The molecular formula is C11H16NS. The molecule has 0 N–H and O–H groups in total. The highest BCUT2D eigenvalue weighted by molar-refractivity contribution is 7.99. The van der Waals surface area contributed by atoms with Gasteiger partial charge in [-0.25, -0.2) is 5.32 Å². The summed E-state index contributed by atoms with van der Waals surface area (Å²) in [7, 11) is 0. The van der Waals surface area contributed by atoms with E-state index in [-0.39, 0.29) is 0 Å². The second kappa shape index (κ2) is 6.98. The first-order chi connectivity index (χ1) is 6.43. The topological polar surface area (TPSA) is 14.1 Å². The lowest BCUT2D eigenvalue weighted by Crippen LogP contribution is -2.09. The maximum absolute atomic E-state index is 4.38. The Hall–Kier alpha value is -0.470. The monoisotopic (exact) mass is 194 g/mol. The van der Waals surface area contributed by atoms with Crippen molar-refractivity contribution in [1.82, 2.24) is 5.32 Å². The number of nitrogens with zero attached hydrogens (tertiary/aromatic N) is 1. The van der Waals surface area contributed by atoms with Crippen molar-refractivity contribution in [3.05, 3.63) is 30.3 Å². The average molecular weight is 194 g/mol. The van der Waals surface area contributed by atoms with Crippen LogP contribution in [0.5, 0.6) is 0 Å². The number of rotatable bonds is 6. The zero-order valence-corrected chi connectivity index (χ0v) is 8.89. The highest BCUT2D eigenvalue weighted by atomic mass is 32.2. The van der Waals surface area contributed by atoms with E-state index in [9.17, 15) is 0 Å². The predicted molar refractivity (Wildman–Crippen MR) is 59.3 cm³/mol. The Morgan fingerprint density at radius 3 is 2.62 bits per heavy atom. The maximum Gasteiger partial charge on any atom is 0.0227 e. The first-order valence-corrected chi connectivity index (χ1v) is 5.73. The number of hydrogen-bond acceptors (Lipinski definition) is 1. The summed E-state index contributed by atoms with van der Waals surface area (Å²) in [5.41, 5.74) is 0. The molecule has 0 heterocycles. The van der Waals surface area contributed by atoms with Gasteiger partial charge in [-0.15, -0.1) is 11.8 Å². The molecule has 0 amide bonds. The van der Waals surface area contributed by atoms with Crippen LogP contribution in [-0.2, 0) is 0 Å². The average Bonchev–Trinajstić information content (AvgIpc) is 2.19. The third-order valence-electron chi connectivity index (χ3n) is 1.64. The molecule has 0 saturated heterocycles. The van der Waals surface area contributed by atoms with Crippen LogP contribution in [0.3, 0.4) is 0 Å². The molecule has 0 atom stereocenters. The summed E-state index contributed by atoms with van der Waals surface area (Å²) in [6.45, 7) is 4.15. The quantitative estimate of drug-likeness (QED) is 0.501. The van der Waals surface area contributed by atoms with Gasteiger partial charge in [-0.2, -0.15) is 0 Å². The van der Waals surface area contributed by atoms with E-state index in [2.05, 4.69) is 36.5 Å². The van der Waals surface area contributed by atoms with Crippen LogP contribution in [0.2, 0.25) is 0 Å². The second-order valence-electron chi connectivity index (χ2n) is 2.83. The molecule has 0 aromatic heterocycles.